The fourth-order valence-electron chi connectivity index (χ4n) is 3.01. The van der Waals surface area contributed by atoms with E-state index in [-0.39, 0.29) is 17.9 Å². The summed E-state index contributed by atoms with van der Waals surface area (Å²) in [6, 6.07) is 1.83. The number of nitrogens with zero attached hydrogens (tertiary/aromatic N) is 2. The number of anilines is 2. The van der Waals surface area contributed by atoms with E-state index in [9.17, 15) is 18.7 Å². The van der Waals surface area contributed by atoms with Gasteiger partial charge in [-0.05, 0) is 31.4 Å². The number of benzene rings is 1. The molecule has 1 aromatic rings. The largest absolute Gasteiger partial charge is 0.391 e. The highest BCUT2D eigenvalue weighted by Gasteiger charge is 2.26. The Morgan fingerprint density at radius 1 is 1.18 bits per heavy atom. The van der Waals surface area contributed by atoms with Gasteiger partial charge in [0.1, 0.15) is 5.69 Å². The van der Waals surface area contributed by atoms with Gasteiger partial charge in [0.2, 0.25) is 0 Å². The number of β-amino-alcohol motifs (C(OH)–C–C–N with tert-alkyl or cyclic N) is 1. The van der Waals surface area contributed by atoms with Gasteiger partial charge in [0, 0.05) is 31.9 Å². The highest BCUT2D eigenvalue weighted by atomic mass is 19.1. The lowest BCUT2D eigenvalue weighted by Crippen LogP contribution is -2.33. The standard InChI is InChI=1S/C15H19F2N3O2/c16-12-7-10(18-15(22)20-6-3-11(21)9-20)8-13(17)14(12)19-4-1-2-5-19/h7-8,11,21H,1-6,9H2,(H,18,22)/t11-/m1/s1. The third kappa shape index (κ3) is 2.99. The molecule has 3 rings (SSSR count). The number of hydrogen-bond donors (Lipinski definition) is 2. The van der Waals surface area contributed by atoms with Crippen LogP contribution in [0.3, 0.4) is 0 Å². The predicted molar refractivity (Wildman–Crippen MR) is 79.0 cm³/mol. The third-order valence-electron chi connectivity index (χ3n) is 4.14. The molecule has 2 N–H and O–H groups in total. The summed E-state index contributed by atoms with van der Waals surface area (Å²) in [5.74, 6) is -1.34. The first-order valence-electron chi connectivity index (χ1n) is 7.52. The van der Waals surface area contributed by atoms with Crippen molar-refractivity contribution in [3.63, 3.8) is 0 Å². The van der Waals surface area contributed by atoms with Crippen LogP contribution in [0.4, 0.5) is 25.0 Å². The molecule has 0 aromatic heterocycles. The number of urea groups is 1. The molecular weight excluding hydrogens is 292 g/mol. The van der Waals surface area contributed by atoms with Crippen molar-refractivity contribution < 1.29 is 18.7 Å². The highest BCUT2D eigenvalue weighted by molar-refractivity contribution is 5.89. The molecule has 1 aromatic carbocycles. The van der Waals surface area contributed by atoms with E-state index in [0.29, 0.717) is 26.1 Å². The van der Waals surface area contributed by atoms with E-state index in [2.05, 4.69) is 5.32 Å². The average Bonchev–Trinajstić information content (AvgIpc) is 3.09. The van der Waals surface area contributed by atoms with Crippen LogP contribution in [0.5, 0.6) is 0 Å². The number of aliphatic hydroxyl groups is 1. The number of amides is 2. The van der Waals surface area contributed by atoms with Crippen LogP contribution in [-0.4, -0.2) is 48.3 Å². The van der Waals surface area contributed by atoms with Crippen molar-refractivity contribution in [2.24, 2.45) is 0 Å². The number of likely N-dealkylation sites (tertiary alicyclic amines) is 1. The van der Waals surface area contributed by atoms with E-state index in [0.717, 1.165) is 25.0 Å². The van der Waals surface area contributed by atoms with E-state index >= 15 is 0 Å². The summed E-state index contributed by atoms with van der Waals surface area (Å²) in [5, 5.41) is 11.9. The average molecular weight is 311 g/mol. The van der Waals surface area contributed by atoms with Gasteiger partial charge in [0.05, 0.1) is 6.10 Å². The summed E-state index contributed by atoms with van der Waals surface area (Å²) in [4.78, 5) is 15.1. The first-order chi connectivity index (χ1) is 10.5. The van der Waals surface area contributed by atoms with Gasteiger partial charge in [-0.25, -0.2) is 13.6 Å². The van der Waals surface area contributed by atoms with Crippen LogP contribution in [-0.2, 0) is 0 Å². The molecule has 1 atom stereocenters. The van der Waals surface area contributed by atoms with E-state index in [1.165, 1.54) is 4.90 Å². The Labute approximate surface area is 127 Å². The quantitative estimate of drug-likeness (QED) is 0.880. The minimum absolute atomic E-state index is 0.0212. The number of carbonyl (C=O) groups excluding carboxylic acids is 1. The summed E-state index contributed by atoms with van der Waals surface area (Å²) in [5.41, 5.74) is 0.0661. The molecule has 0 aliphatic carbocycles. The van der Waals surface area contributed by atoms with Gasteiger partial charge in [-0.3, -0.25) is 0 Å². The Morgan fingerprint density at radius 2 is 1.82 bits per heavy atom. The molecule has 7 heteroatoms. The summed E-state index contributed by atoms with van der Waals surface area (Å²) in [7, 11) is 0. The maximum Gasteiger partial charge on any atom is 0.321 e. The number of rotatable bonds is 2. The van der Waals surface area contributed by atoms with E-state index in [4.69, 9.17) is 0 Å². The second kappa shape index (κ2) is 6.08. The molecule has 0 radical (unpaired) electrons. The van der Waals surface area contributed by atoms with Crippen LogP contribution in [0.15, 0.2) is 12.1 Å². The van der Waals surface area contributed by atoms with Gasteiger partial charge in [0.25, 0.3) is 0 Å². The van der Waals surface area contributed by atoms with Crippen LogP contribution in [0, 0.1) is 11.6 Å². The zero-order valence-electron chi connectivity index (χ0n) is 12.2. The van der Waals surface area contributed by atoms with Crippen LogP contribution >= 0.6 is 0 Å². The van der Waals surface area contributed by atoms with Crippen molar-refractivity contribution in [2.45, 2.75) is 25.4 Å². The first kappa shape index (κ1) is 15.0. The summed E-state index contributed by atoms with van der Waals surface area (Å²) in [6.45, 7) is 1.96. The lowest BCUT2D eigenvalue weighted by molar-refractivity contribution is 0.176. The zero-order valence-corrected chi connectivity index (χ0v) is 12.2. The van der Waals surface area contributed by atoms with Gasteiger partial charge in [0.15, 0.2) is 11.6 Å². The Bertz CT molecular complexity index is 553. The Kier molecular flexibility index (Phi) is 4.15. The molecular formula is C15H19F2N3O2. The number of carbonyl (C=O) groups is 1. The molecule has 2 saturated heterocycles. The molecule has 2 fully saturated rings. The number of aliphatic hydroxyl groups excluding tert-OH is 1. The molecule has 120 valence electrons. The summed E-state index contributed by atoms with van der Waals surface area (Å²) in [6.07, 6.45) is 1.84. The number of nitrogens with one attached hydrogen (secondary N) is 1. The number of halogens is 2. The van der Waals surface area contributed by atoms with Gasteiger partial charge in [-0.15, -0.1) is 0 Å². The predicted octanol–water partition coefficient (Wildman–Crippen LogP) is 2.16. The molecule has 2 heterocycles. The Balaban J connectivity index is 1.73. The maximum absolute atomic E-state index is 14.2. The monoisotopic (exact) mass is 311 g/mol. The Hall–Kier alpha value is -1.89. The molecule has 5 nitrogen and oxygen atoms in total. The van der Waals surface area contributed by atoms with E-state index in [1.807, 2.05) is 0 Å². The van der Waals surface area contributed by atoms with Crippen molar-refractivity contribution >= 4 is 17.4 Å². The first-order valence-corrected chi connectivity index (χ1v) is 7.52. The third-order valence-corrected chi connectivity index (χ3v) is 4.14. The normalized spacial score (nSPS) is 21.5. The minimum atomic E-state index is -0.668. The Morgan fingerprint density at radius 3 is 2.36 bits per heavy atom. The van der Waals surface area contributed by atoms with Crippen LogP contribution in [0.1, 0.15) is 19.3 Å². The summed E-state index contributed by atoms with van der Waals surface area (Å²) < 4.78 is 28.3. The van der Waals surface area contributed by atoms with Crippen molar-refractivity contribution in [1.82, 2.24) is 4.90 Å². The summed E-state index contributed by atoms with van der Waals surface area (Å²) >= 11 is 0. The molecule has 0 saturated carbocycles. The molecule has 0 unspecified atom stereocenters. The molecule has 22 heavy (non-hydrogen) atoms. The highest BCUT2D eigenvalue weighted by Crippen LogP contribution is 2.29. The molecule has 2 aliphatic heterocycles. The fourth-order valence-corrected chi connectivity index (χ4v) is 3.01. The van der Waals surface area contributed by atoms with Crippen molar-refractivity contribution in [3.05, 3.63) is 23.8 Å². The van der Waals surface area contributed by atoms with Crippen molar-refractivity contribution in [3.8, 4) is 0 Å². The van der Waals surface area contributed by atoms with Crippen LogP contribution < -0.4 is 10.2 Å². The number of hydrogen-bond acceptors (Lipinski definition) is 3. The van der Waals surface area contributed by atoms with Crippen LogP contribution in [0.25, 0.3) is 0 Å². The van der Waals surface area contributed by atoms with Gasteiger partial charge in [-0.1, -0.05) is 0 Å². The van der Waals surface area contributed by atoms with Crippen molar-refractivity contribution in [1.29, 1.82) is 0 Å². The van der Waals surface area contributed by atoms with Gasteiger partial charge < -0.3 is 20.2 Å². The second-order valence-corrected chi connectivity index (χ2v) is 5.80. The maximum atomic E-state index is 14.2. The van der Waals surface area contributed by atoms with E-state index in [1.54, 1.807) is 4.90 Å². The minimum Gasteiger partial charge on any atom is -0.391 e. The topological polar surface area (TPSA) is 55.8 Å². The fraction of sp³-hybridized carbons (Fsp3) is 0.533. The SMILES string of the molecule is O=C(Nc1cc(F)c(N2CCCC2)c(F)c1)N1CC[C@@H](O)C1. The van der Waals surface area contributed by atoms with Gasteiger partial charge in [-0.2, -0.15) is 0 Å². The molecule has 0 spiro atoms. The van der Waals surface area contributed by atoms with E-state index < -0.39 is 23.8 Å². The molecule has 2 aliphatic rings. The lowest BCUT2D eigenvalue weighted by Gasteiger charge is -2.21. The van der Waals surface area contributed by atoms with Crippen molar-refractivity contribution in [2.75, 3.05) is 36.4 Å². The lowest BCUT2D eigenvalue weighted by atomic mass is 10.2. The smallest absolute Gasteiger partial charge is 0.321 e. The second-order valence-electron chi connectivity index (χ2n) is 5.80. The van der Waals surface area contributed by atoms with Crippen LogP contribution in [0.2, 0.25) is 0 Å². The van der Waals surface area contributed by atoms with Gasteiger partial charge >= 0.3 is 6.03 Å². The molecule has 0 bridgehead atoms. The molecule has 2 amide bonds. The zero-order chi connectivity index (χ0) is 15.7.